The van der Waals surface area contributed by atoms with E-state index < -0.39 is 9.84 Å². The lowest BCUT2D eigenvalue weighted by Crippen LogP contribution is -2.51. The van der Waals surface area contributed by atoms with E-state index in [0.29, 0.717) is 19.0 Å². The van der Waals surface area contributed by atoms with Crippen molar-refractivity contribution in [2.24, 2.45) is 5.92 Å². The van der Waals surface area contributed by atoms with Crippen LogP contribution in [0, 0.1) is 5.92 Å². The lowest BCUT2D eigenvalue weighted by molar-refractivity contribution is 0.194. The summed E-state index contributed by atoms with van der Waals surface area (Å²) in [5.41, 5.74) is 1.31. The summed E-state index contributed by atoms with van der Waals surface area (Å²) >= 11 is 0. The van der Waals surface area contributed by atoms with E-state index in [9.17, 15) is 13.2 Å². The van der Waals surface area contributed by atoms with Crippen molar-refractivity contribution in [2.45, 2.75) is 31.7 Å². The molecule has 2 aliphatic rings. The summed E-state index contributed by atoms with van der Waals surface area (Å²) in [7, 11) is -2.95. The quantitative estimate of drug-likeness (QED) is 0.916. The molecule has 1 saturated heterocycles. The summed E-state index contributed by atoms with van der Waals surface area (Å²) in [4.78, 5) is 14.0. The molecule has 1 aliphatic carbocycles. The molecular formula is C17H24N2O3S. The van der Waals surface area contributed by atoms with Gasteiger partial charge in [0.1, 0.15) is 0 Å². The first kappa shape index (κ1) is 16.3. The molecule has 1 saturated carbocycles. The minimum Gasteiger partial charge on any atom is -0.335 e. The number of carbonyl (C=O) groups is 1. The van der Waals surface area contributed by atoms with Crippen LogP contribution in [0.5, 0.6) is 0 Å². The van der Waals surface area contributed by atoms with Gasteiger partial charge in [-0.2, -0.15) is 0 Å². The topological polar surface area (TPSA) is 66.5 Å². The Kier molecular flexibility index (Phi) is 4.90. The fourth-order valence-electron chi connectivity index (χ4n) is 3.55. The number of benzene rings is 1. The molecule has 2 atom stereocenters. The maximum Gasteiger partial charge on any atom is 0.317 e. The molecule has 0 spiro atoms. The summed E-state index contributed by atoms with van der Waals surface area (Å²) in [6.07, 6.45) is 4.26. The van der Waals surface area contributed by atoms with E-state index in [0.717, 1.165) is 25.7 Å². The van der Waals surface area contributed by atoms with Gasteiger partial charge in [-0.25, -0.2) is 13.2 Å². The molecule has 1 aromatic rings. The van der Waals surface area contributed by atoms with Gasteiger partial charge in [0.25, 0.3) is 0 Å². The maximum absolute atomic E-state index is 12.4. The van der Waals surface area contributed by atoms with Crippen molar-refractivity contribution >= 4 is 15.9 Å². The van der Waals surface area contributed by atoms with Crippen LogP contribution in [0.25, 0.3) is 0 Å². The van der Waals surface area contributed by atoms with Gasteiger partial charge in [-0.3, -0.25) is 0 Å². The zero-order valence-corrected chi connectivity index (χ0v) is 14.1. The SMILES string of the molecule is O=C(N[C@H]1CCC[C@@H]1Cc1ccccc1)N1CCS(=O)(=O)CC1. The van der Waals surface area contributed by atoms with Gasteiger partial charge in [0.2, 0.25) is 0 Å². The Balaban J connectivity index is 1.55. The zero-order valence-electron chi connectivity index (χ0n) is 13.3. The van der Waals surface area contributed by atoms with E-state index in [4.69, 9.17) is 0 Å². The van der Waals surface area contributed by atoms with Crippen LogP contribution in [0.1, 0.15) is 24.8 Å². The highest BCUT2D eigenvalue weighted by atomic mass is 32.2. The normalized spacial score (nSPS) is 26.9. The minimum atomic E-state index is -2.95. The van der Waals surface area contributed by atoms with Gasteiger partial charge in [0.05, 0.1) is 11.5 Å². The van der Waals surface area contributed by atoms with Crippen molar-refractivity contribution in [3.63, 3.8) is 0 Å². The van der Waals surface area contributed by atoms with Crippen LogP contribution >= 0.6 is 0 Å². The first-order valence-electron chi connectivity index (χ1n) is 8.33. The summed E-state index contributed by atoms with van der Waals surface area (Å²) in [5, 5.41) is 3.14. The number of nitrogens with one attached hydrogen (secondary N) is 1. The predicted molar refractivity (Wildman–Crippen MR) is 90.0 cm³/mol. The molecule has 2 amide bonds. The maximum atomic E-state index is 12.4. The van der Waals surface area contributed by atoms with Crippen molar-refractivity contribution in [1.29, 1.82) is 0 Å². The molecule has 1 heterocycles. The monoisotopic (exact) mass is 336 g/mol. The van der Waals surface area contributed by atoms with Gasteiger partial charge in [-0.1, -0.05) is 36.8 Å². The third-order valence-electron chi connectivity index (χ3n) is 4.94. The number of sulfone groups is 1. The molecule has 0 radical (unpaired) electrons. The van der Waals surface area contributed by atoms with Crippen LogP contribution in [0.3, 0.4) is 0 Å². The first-order chi connectivity index (χ1) is 11.0. The highest BCUT2D eigenvalue weighted by molar-refractivity contribution is 7.91. The minimum absolute atomic E-state index is 0.0819. The van der Waals surface area contributed by atoms with Crippen molar-refractivity contribution in [3.8, 4) is 0 Å². The van der Waals surface area contributed by atoms with E-state index in [2.05, 4.69) is 17.4 Å². The molecule has 0 bridgehead atoms. The van der Waals surface area contributed by atoms with Gasteiger partial charge in [-0.15, -0.1) is 0 Å². The largest absolute Gasteiger partial charge is 0.335 e. The van der Waals surface area contributed by atoms with E-state index in [1.165, 1.54) is 5.56 Å². The van der Waals surface area contributed by atoms with E-state index in [-0.39, 0.29) is 23.6 Å². The van der Waals surface area contributed by atoms with Gasteiger partial charge in [0.15, 0.2) is 9.84 Å². The zero-order chi connectivity index (χ0) is 16.3. The third-order valence-corrected chi connectivity index (χ3v) is 6.55. The first-order valence-corrected chi connectivity index (χ1v) is 10.2. The average molecular weight is 336 g/mol. The Morgan fingerprint density at radius 1 is 1.13 bits per heavy atom. The van der Waals surface area contributed by atoms with Crippen LogP contribution in [0.2, 0.25) is 0 Å². The van der Waals surface area contributed by atoms with Crippen LogP contribution in [0.15, 0.2) is 30.3 Å². The van der Waals surface area contributed by atoms with Crippen molar-refractivity contribution < 1.29 is 13.2 Å². The summed E-state index contributed by atoms with van der Waals surface area (Å²) in [6, 6.07) is 10.5. The van der Waals surface area contributed by atoms with Crippen LogP contribution in [-0.2, 0) is 16.3 Å². The van der Waals surface area contributed by atoms with Crippen molar-refractivity contribution in [1.82, 2.24) is 10.2 Å². The molecule has 1 aliphatic heterocycles. The summed E-state index contributed by atoms with van der Waals surface area (Å²) in [6.45, 7) is 0.620. The molecule has 6 heteroatoms. The van der Waals surface area contributed by atoms with E-state index >= 15 is 0 Å². The molecule has 1 aromatic carbocycles. The Hall–Kier alpha value is -1.56. The number of nitrogens with zero attached hydrogens (tertiary/aromatic N) is 1. The highest BCUT2D eigenvalue weighted by Crippen LogP contribution is 2.29. The van der Waals surface area contributed by atoms with Crippen LogP contribution in [0.4, 0.5) is 4.79 Å². The van der Waals surface area contributed by atoms with Crippen LogP contribution in [-0.4, -0.2) is 50.0 Å². The second-order valence-corrected chi connectivity index (χ2v) is 8.88. The summed E-state index contributed by atoms with van der Waals surface area (Å²) in [5.74, 6) is 0.631. The standard InChI is InChI=1S/C17H24N2O3S/c20-17(19-9-11-23(21,22)12-10-19)18-16-8-4-7-15(16)13-14-5-2-1-3-6-14/h1-3,5-6,15-16H,4,7-13H2,(H,18,20)/t15-,16+/m1/s1. The Bertz CT molecular complexity index is 631. The highest BCUT2D eigenvalue weighted by Gasteiger charge is 2.31. The summed E-state index contributed by atoms with van der Waals surface area (Å²) < 4.78 is 22.9. The number of carbonyl (C=O) groups excluding carboxylic acids is 1. The Labute approximate surface area is 138 Å². The molecule has 23 heavy (non-hydrogen) atoms. The molecule has 0 unspecified atom stereocenters. The fourth-order valence-corrected chi connectivity index (χ4v) is 4.75. The van der Waals surface area contributed by atoms with E-state index in [1.54, 1.807) is 4.90 Å². The number of amides is 2. The second-order valence-electron chi connectivity index (χ2n) is 6.58. The lowest BCUT2D eigenvalue weighted by Gasteiger charge is -2.30. The van der Waals surface area contributed by atoms with Gasteiger partial charge >= 0.3 is 6.03 Å². The van der Waals surface area contributed by atoms with Crippen LogP contribution < -0.4 is 5.32 Å². The fraction of sp³-hybridized carbons (Fsp3) is 0.588. The van der Waals surface area contributed by atoms with E-state index in [1.807, 2.05) is 18.2 Å². The molecule has 5 nitrogen and oxygen atoms in total. The Morgan fingerprint density at radius 3 is 2.52 bits per heavy atom. The van der Waals surface area contributed by atoms with Crippen molar-refractivity contribution in [3.05, 3.63) is 35.9 Å². The third kappa shape index (κ3) is 4.25. The van der Waals surface area contributed by atoms with Gasteiger partial charge in [0, 0.05) is 19.1 Å². The lowest BCUT2D eigenvalue weighted by atomic mass is 9.95. The number of hydrogen-bond donors (Lipinski definition) is 1. The average Bonchev–Trinajstić information content (AvgIpc) is 2.95. The molecule has 126 valence electrons. The molecule has 1 N–H and O–H groups in total. The molecule has 0 aromatic heterocycles. The molecule has 2 fully saturated rings. The molecule has 3 rings (SSSR count). The number of rotatable bonds is 3. The molecular weight excluding hydrogens is 312 g/mol. The van der Waals surface area contributed by atoms with Gasteiger partial charge in [-0.05, 0) is 30.7 Å². The smallest absolute Gasteiger partial charge is 0.317 e. The van der Waals surface area contributed by atoms with Crippen molar-refractivity contribution in [2.75, 3.05) is 24.6 Å². The second kappa shape index (κ2) is 6.91. The Morgan fingerprint density at radius 2 is 1.83 bits per heavy atom. The number of urea groups is 1. The predicted octanol–water partition coefficient (Wildman–Crippen LogP) is 1.84. The number of hydrogen-bond acceptors (Lipinski definition) is 3. The van der Waals surface area contributed by atoms with Gasteiger partial charge < -0.3 is 10.2 Å².